The van der Waals surface area contributed by atoms with Crippen LogP contribution in [0.4, 0.5) is 0 Å². The van der Waals surface area contributed by atoms with E-state index in [9.17, 15) is 5.11 Å². The number of rotatable bonds is 5. The first-order chi connectivity index (χ1) is 8.15. The van der Waals surface area contributed by atoms with Gasteiger partial charge in [-0.15, -0.1) is 0 Å². The van der Waals surface area contributed by atoms with Gasteiger partial charge in [0.05, 0.1) is 25.3 Å². The molecule has 0 spiro atoms. The first kappa shape index (κ1) is 16.3. The summed E-state index contributed by atoms with van der Waals surface area (Å²) in [4.78, 5) is 8.08. The Labute approximate surface area is 109 Å². The highest BCUT2D eigenvalue weighted by molar-refractivity contribution is 9.10. The fourth-order valence-corrected chi connectivity index (χ4v) is 1.31. The number of aromatic hydroxyl groups is 1. The lowest BCUT2D eigenvalue weighted by Crippen LogP contribution is -1.96. The van der Waals surface area contributed by atoms with E-state index in [4.69, 9.17) is 9.47 Å². The summed E-state index contributed by atoms with van der Waals surface area (Å²) in [6, 6.07) is 5.23. The van der Waals surface area contributed by atoms with Crippen molar-refractivity contribution in [2.24, 2.45) is 0 Å². The molecule has 0 aliphatic rings. The fourth-order valence-electron chi connectivity index (χ4n) is 0.883. The first-order valence-corrected chi connectivity index (χ1v) is 5.55. The van der Waals surface area contributed by atoms with E-state index in [0.29, 0.717) is 11.1 Å². The molecule has 0 saturated heterocycles. The highest BCUT2D eigenvalue weighted by Crippen LogP contribution is 2.24. The molecule has 1 rings (SSSR count). The van der Waals surface area contributed by atoms with Gasteiger partial charge in [-0.2, -0.15) is 0 Å². The van der Waals surface area contributed by atoms with Crippen molar-refractivity contribution in [3.05, 3.63) is 28.2 Å². The molecule has 17 heavy (non-hydrogen) atoms. The van der Waals surface area contributed by atoms with Crippen molar-refractivity contribution >= 4 is 15.9 Å². The van der Waals surface area contributed by atoms with Crippen LogP contribution >= 0.6 is 15.9 Å². The van der Waals surface area contributed by atoms with Crippen molar-refractivity contribution in [1.29, 1.82) is 0 Å². The van der Waals surface area contributed by atoms with Crippen LogP contribution in [0.3, 0.4) is 0 Å². The van der Waals surface area contributed by atoms with E-state index in [1.54, 1.807) is 19.2 Å². The SMILES string of the molecule is COCOCc1ccc(O)c(Br)c1.COOC. The van der Waals surface area contributed by atoms with Crippen LogP contribution in [0.25, 0.3) is 0 Å². The monoisotopic (exact) mass is 308 g/mol. The molecule has 0 saturated carbocycles. The minimum absolute atomic E-state index is 0.232. The summed E-state index contributed by atoms with van der Waals surface area (Å²) >= 11 is 3.22. The Bertz CT molecular complexity index is 304. The van der Waals surface area contributed by atoms with E-state index < -0.39 is 0 Å². The molecule has 0 aromatic heterocycles. The number of ether oxygens (including phenoxy) is 2. The van der Waals surface area contributed by atoms with Crippen molar-refractivity contribution in [3.63, 3.8) is 0 Å². The standard InChI is InChI=1S/C9H11BrO3.C2H6O2/c1-12-6-13-5-7-2-3-9(11)8(10)4-7;1-3-4-2/h2-4,11H,5-6H2,1H3;1-2H3. The van der Waals surface area contributed by atoms with Crippen LogP contribution in [0.2, 0.25) is 0 Å². The maximum atomic E-state index is 9.20. The number of hydrogen-bond donors (Lipinski definition) is 1. The molecule has 1 aromatic rings. The van der Waals surface area contributed by atoms with Gasteiger partial charge in [0.25, 0.3) is 0 Å². The Morgan fingerprint density at radius 1 is 1.18 bits per heavy atom. The van der Waals surface area contributed by atoms with Crippen LogP contribution in [0.15, 0.2) is 22.7 Å². The summed E-state index contributed by atoms with van der Waals surface area (Å²) in [5.41, 5.74) is 0.988. The maximum Gasteiger partial charge on any atom is 0.146 e. The fraction of sp³-hybridized carbons (Fsp3) is 0.455. The van der Waals surface area contributed by atoms with Gasteiger partial charge in [-0.05, 0) is 33.6 Å². The number of methoxy groups -OCH3 is 1. The van der Waals surface area contributed by atoms with Crippen molar-refractivity contribution in [2.75, 3.05) is 28.1 Å². The molecule has 98 valence electrons. The van der Waals surface area contributed by atoms with Crippen molar-refractivity contribution in [1.82, 2.24) is 0 Å². The average Bonchev–Trinajstić information content (AvgIpc) is 2.34. The molecule has 0 atom stereocenters. The van der Waals surface area contributed by atoms with Gasteiger partial charge in [-0.25, -0.2) is 9.78 Å². The van der Waals surface area contributed by atoms with Crippen LogP contribution in [0.5, 0.6) is 5.75 Å². The van der Waals surface area contributed by atoms with E-state index in [1.165, 1.54) is 14.2 Å². The molecule has 1 N–H and O–H groups in total. The molecule has 5 nitrogen and oxygen atoms in total. The normalized spacial score (nSPS) is 9.65. The quantitative estimate of drug-likeness (QED) is 0.392. The molecular formula is C11H17BrO5. The summed E-state index contributed by atoms with van der Waals surface area (Å²) in [6.07, 6.45) is 0. The summed E-state index contributed by atoms with van der Waals surface area (Å²) in [6.45, 7) is 0.755. The van der Waals surface area contributed by atoms with E-state index in [2.05, 4.69) is 25.7 Å². The number of hydrogen-bond acceptors (Lipinski definition) is 5. The highest BCUT2D eigenvalue weighted by Gasteiger charge is 1.99. The summed E-state index contributed by atoms with van der Waals surface area (Å²) in [5, 5.41) is 9.20. The van der Waals surface area contributed by atoms with Gasteiger partial charge < -0.3 is 14.6 Å². The third kappa shape index (κ3) is 8.12. The molecule has 6 heteroatoms. The second-order valence-electron chi connectivity index (χ2n) is 2.87. The van der Waals surface area contributed by atoms with Gasteiger partial charge in [0.2, 0.25) is 0 Å². The molecule has 0 aliphatic heterocycles. The lowest BCUT2D eigenvalue weighted by atomic mass is 10.2. The van der Waals surface area contributed by atoms with Crippen LogP contribution in [0, 0.1) is 0 Å². The Morgan fingerprint density at radius 3 is 2.29 bits per heavy atom. The van der Waals surface area contributed by atoms with E-state index in [0.717, 1.165) is 5.56 Å². The third-order valence-electron chi connectivity index (χ3n) is 1.65. The lowest BCUT2D eigenvalue weighted by molar-refractivity contribution is -0.248. The molecule has 0 fully saturated rings. The number of halogens is 1. The molecular weight excluding hydrogens is 292 g/mol. The second kappa shape index (κ2) is 10.5. The first-order valence-electron chi connectivity index (χ1n) is 4.76. The number of phenolic OH excluding ortho intramolecular Hbond substituents is 1. The van der Waals surface area contributed by atoms with Gasteiger partial charge in [-0.1, -0.05) is 6.07 Å². The van der Waals surface area contributed by atoms with Crippen LogP contribution in [0.1, 0.15) is 5.56 Å². The van der Waals surface area contributed by atoms with E-state index in [-0.39, 0.29) is 12.5 Å². The minimum atomic E-state index is 0.232. The van der Waals surface area contributed by atoms with Gasteiger partial charge in [-0.3, -0.25) is 0 Å². The van der Waals surface area contributed by atoms with Crippen LogP contribution in [-0.2, 0) is 25.9 Å². The molecule has 0 radical (unpaired) electrons. The zero-order chi connectivity index (χ0) is 13.1. The second-order valence-corrected chi connectivity index (χ2v) is 3.73. The largest absolute Gasteiger partial charge is 0.507 e. The average molecular weight is 309 g/mol. The predicted molar refractivity (Wildman–Crippen MR) is 66.5 cm³/mol. The summed E-state index contributed by atoms with van der Waals surface area (Å²) < 4.78 is 10.5. The number of benzene rings is 1. The molecule has 0 heterocycles. The predicted octanol–water partition coefficient (Wildman–Crippen LogP) is 2.47. The maximum absolute atomic E-state index is 9.20. The highest BCUT2D eigenvalue weighted by atomic mass is 79.9. The van der Waals surface area contributed by atoms with Crippen LogP contribution in [-0.4, -0.2) is 33.2 Å². The molecule has 0 bridgehead atoms. The zero-order valence-corrected chi connectivity index (χ0v) is 11.7. The van der Waals surface area contributed by atoms with Crippen molar-refractivity contribution in [3.8, 4) is 5.75 Å². The van der Waals surface area contributed by atoms with E-state index in [1.807, 2.05) is 6.07 Å². The molecule has 1 aromatic carbocycles. The van der Waals surface area contributed by atoms with Gasteiger partial charge in [0.15, 0.2) is 0 Å². The minimum Gasteiger partial charge on any atom is -0.507 e. The van der Waals surface area contributed by atoms with E-state index >= 15 is 0 Å². The Hall–Kier alpha value is -0.660. The van der Waals surface area contributed by atoms with Crippen LogP contribution < -0.4 is 0 Å². The Morgan fingerprint density at radius 2 is 1.82 bits per heavy atom. The molecule has 0 amide bonds. The smallest absolute Gasteiger partial charge is 0.146 e. The third-order valence-corrected chi connectivity index (χ3v) is 2.28. The number of phenols is 1. The van der Waals surface area contributed by atoms with Gasteiger partial charge in [0, 0.05) is 7.11 Å². The van der Waals surface area contributed by atoms with Crippen molar-refractivity contribution in [2.45, 2.75) is 6.61 Å². The Kier molecular flexibility index (Phi) is 10.1. The topological polar surface area (TPSA) is 57.2 Å². The molecule has 0 aliphatic carbocycles. The van der Waals surface area contributed by atoms with Gasteiger partial charge in [0.1, 0.15) is 12.5 Å². The Balaban J connectivity index is 0.000000557. The lowest BCUT2D eigenvalue weighted by Gasteiger charge is -2.04. The summed E-state index contributed by atoms with van der Waals surface area (Å²) in [7, 11) is 4.49. The molecule has 0 unspecified atom stereocenters. The summed E-state index contributed by atoms with van der Waals surface area (Å²) in [5.74, 6) is 0.232. The van der Waals surface area contributed by atoms with Crippen molar-refractivity contribution < 1.29 is 24.4 Å². The zero-order valence-electron chi connectivity index (χ0n) is 10.1. The van der Waals surface area contributed by atoms with Gasteiger partial charge >= 0.3 is 0 Å².